The van der Waals surface area contributed by atoms with E-state index in [0.717, 1.165) is 0 Å². The number of pyridine rings is 2. The fourth-order valence-corrected chi connectivity index (χ4v) is 1.45. The summed E-state index contributed by atoms with van der Waals surface area (Å²) >= 11 is 11.7. The molecular weight excluding hydrogens is 249 g/mol. The molecule has 0 atom stereocenters. The fraction of sp³-hybridized carbons (Fsp3) is 0. The average Bonchev–Trinajstić information content (AvgIpc) is 2.22. The van der Waals surface area contributed by atoms with Gasteiger partial charge in [-0.3, -0.25) is 4.98 Å². The highest BCUT2D eigenvalue weighted by Gasteiger charge is 2.05. The Morgan fingerprint density at radius 2 is 1.94 bits per heavy atom. The van der Waals surface area contributed by atoms with Gasteiger partial charge in [0.05, 0.1) is 23.1 Å². The Labute approximate surface area is 102 Å². The molecule has 2 aromatic rings. The number of hydrogen-bond acceptors (Lipinski definition) is 4. The highest BCUT2D eigenvalue weighted by molar-refractivity contribution is 6.32. The SMILES string of the molecule is Nc1cnc(Oc2cncc(Cl)c2)c(Cl)c1. The third kappa shape index (κ3) is 2.53. The molecule has 0 saturated carbocycles. The largest absolute Gasteiger partial charge is 0.436 e. The molecule has 0 unspecified atom stereocenters. The van der Waals surface area contributed by atoms with E-state index in [9.17, 15) is 0 Å². The summed E-state index contributed by atoms with van der Waals surface area (Å²) in [6, 6.07) is 3.17. The molecule has 0 bridgehead atoms. The normalized spacial score (nSPS) is 10.1. The second-order valence-electron chi connectivity index (χ2n) is 3.00. The van der Waals surface area contributed by atoms with Crippen LogP contribution >= 0.6 is 23.2 Å². The topological polar surface area (TPSA) is 61.0 Å². The highest BCUT2D eigenvalue weighted by atomic mass is 35.5. The third-order valence-corrected chi connectivity index (χ3v) is 2.20. The first kappa shape index (κ1) is 11.0. The van der Waals surface area contributed by atoms with Crippen LogP contribution in [0.25, 0.3) is 0 Å². The lowest BCUT2D eigenvalue weighted by Crippen LogP contribution is -1.92. The first-order chi connectivity index (χ1) is 7.65. The van der Waals surface area contributed by atoms with Gasteiger partial charge < -0.3 is 10.5 Å². The monoisotopic (exact) mass is 255 g/mol. The second-order valence-corrected chi connectivity index (χ2v) is 3.84. The van der Waals surface area contributed by atoms with E-state index in [1.54, 1.807) is 12.1 Å². The summed E-state index contributed by atoms with van der Waals surface area (Å²) in [5.41, 5.74) is 5.98. The number of halogens is 2. The first-order valence-electron chi connectivity index (χ1n) is 4.34. The van der Waals surface area contributed by atoms with Crippen molar-refractivity contribution in [3.63, 3.8) is 0 Å². The van der Waals surface area contributed by atoms with Gasteiger partial charge in [-0.15, -0.1) is 0 Å². The van der Waals surface area contributed by atoms with Crippen molar-refractivity contribution >= 4 is 28.9 Å². The molecule has 0 aliphatic carbocycles. The molecule has 0 saturated heterocycles. The standard InChI is InChI=1S/C10H7Cl2N3O/c11-6-1-8(5-14-3-6)16-10-9(12)2-7(13)4-15-10/h1-5H,13H2. The van der Waals surface area contributed by atoms with Crippen LogP contribution in [0.2, 0.25) is 10.0 Å². The third-order valence-electron chi connectivity index (χ3n) is 1.72. The van der Waals surface area contributed by atoms with Crippen LogP contribution in [0.1, 0.15) is 0 Å². The van der Waals surface area contributed by atoms with Crippen molar-refractivity contribution in [2.45, 2.75) is 0 Å². The van der Waals surface area contributed by atoms with Crippen LogP contribution in [0.4, 0.5) is 5.69 Å². The Bertz CT molecular complexity index is 519. The van der Waals surface area contributed by atoms with Crippen LogP contribution in [-0.4, -0.2) is 9.97 Å². The van der Waals surface area contributed by atoms with E-state index < -0.39 is 0 Å². The maximum absolute atomic E-state index is 5.90. The first-order valence-corrected chi connectivity index (χ1v) is 5.10. The minimum absolute atomic E-state index is 0.264. The minimum atomic E-state index is 0.264. The summed E-state index contributed by atoms with van der Waals surface area (Å²) in [6.45, 7) is 0. The number of anilines is 1. The number of rotatable bonds is 2. The number of hydrogen-bond donors (Lipinski definition) is 1. The lowest BCUT2D eigenvalue weighted by atomic mass is 10.4. The number of nitrogens with zero attached hydrogens (tertiary/aromatic N) is 2. The molecule has 0 spiro atoms. The van der Waals surface area contributed by atoms with Crippen LogP contribution in [-0.2, 0) is 0 Å². The average molecular weight is 256 g/mol. The van der Waals surface area contributed by atoms with Gasteiger partial charge in [0.1, 0.15) is 10.8 Å². The van der Waals surface area contributed by atoms with Crippen LogP contribution in [0, 0.1) is 0 Å². The lowest BCUT2D eigenvalue weighted by molar-refractivity contribution is 0.461. The Balaban J connectivity index is 2.27. The molecule has 4 nitrogen and oxygen atoms in total. The van der Waals surface area contributed by atoms with Crippen molar-refractivity contribution in [2.75, 3.05) is 5.73 Å². The zero-order chi connectivity index (χ0) is 11.5. The van der Waals surface area contributed by atoms with Crippen molar-refractivity contribution < 1.29 is 4.74 Å². The molecule has 0 aliphatic rings. The van der Waals surface area contributed by atoms with Crippen molar-refractivity contribution in [3.8, 4) is 11.6 Å². The maximum Gasteiger partial charge on any atom is 0.238 e. The van der Waals surface area contributed by atoms with Crippen molar-refractivity contribution in [1.82, 2.24) is 9.97 Å². The van der Waals surface area contributed by atoms with Gasteiger partial charge in [-0.1, -0.05) is 23.2 Å². The van der Waals surface area contributed by atoms with Crippen molar-refractivity contribution in [1.29, 1.82) is 0 Å². The van der Waals surface area contributed by atoms with E-state index in [0.29, 0.717) is 21.5 Å². The molecule has 2 rings (SSSR count). The predicted molar refractivity (Wildman–Crippen MR) is 63.0 cm³/mol. The Kier molecular flexibility index (Phi) is 3.12. The number of ether oxygens (including phenoxy) is 1. The van der Waals surface area contributed by atoms with Crippen molar-refractivity contribution in [2.24, 2.45) is 0 Å². The van der Waals surface area contributed by atoms with Gasteiger partial charge in [0, 0.05) is 12.3 Å². The van der Waals surface area contributed by atoms with E-state index in [4.69, 9.17) is 33.7 Å². The van der Waals surface area contributed by atoms with Gasteiger partial charge in [-0.2, -0.15) is 0 Å². The summed E-state index contributed by atoms with van der Waals surface area (Å²) in [5.74, 6) is 0.728. The number of nitrogen functional groups attached to an aromatic ring is 1. The fourth-order valence-electron chi connectivity index (χ4n) is 1.08. The van der Waals surface area contributed by atoms with Crippen LogP contribution in [0.5, 0.6) is 11.6 Å². The van der Waals surface area contributed by atoms with Crippen LogP contribution in [0.3, 0.4) is 0 Å². The molecule has 2 N–H and O–H groups in total. The number of aromatic nitrogens is 2. The maximum atomic E-state index is 5.90. The quantitative estimate of drug-likeness (QED) is 0.896. The second kappa shape index (κ2) is 4.55. The summed E-state index contributed by atoms with van der Waals surface area (Å²) in [6.07, 6.45) is 4.48. The van der Waals surface area contributed by atoms with Crippen molar-refractivity contribution in [3.05, 3.63) is 40.8 Å². The van der Waals surface area contributed by atoms with E-state index >= 15 is 0 Å². The molecule has 6 heteroatoms. The predicted octanol–water partition coefficient (Wildman–Crippen LogP) is 3.16. The zero-order valence-corrected chi connectivity index (χ0v) is 9.53. The van der Waals surface area contributed by atoms with E-state index in [2.05, 4.69) is 9.97 Å². The molecule has 82 valence electrons. The molecule has 0 amide bonds. The smallest absolute Gasteiger partial charge is 0.238 e. The zero-order valence-electron chi connectivity index (χ0n) is 8.02. The van der Waals surface area contributed by atoms with E-state index in [1.807, 2.05) is 0 Å². The van der Waals surface area contributed by atoms with E-state index in [1.165, 1.54) is 18.6 Å². The molecule has 2 heterocycles. The summed E-state index contributed by atoms with van der Waals surface area (Å²) in [7, 11) is 0. The Morgan fingerprint density at radius 1 is 1.12 bits per heavy atom. The molecule has 16 heavy (non-hydrogen) atoms. The summed E-state index contributed by atoms with van der Waals surface area (Å²) < 4.78 is 5.40. The minimum Gasteiger partial charge on any atom is -0.436 e. The highest BCUT2D eigenvalue weighted by Crippen LogP contribution is 2.28. The van der Waals surface area contributed by atoms with Gasteiger partial charge in [0.2, 0.25) is 5.88 Å². The van der Waals surface area contributed by atoms with Gasteiger partial charge in [0.15, 0.2) is 0 Å². The van der Waals surface area contributed by atoms with E-state index in [-0.39, 0.29) is 5.88 Å². The molecular formula is C10H7Cl2N3O. The van der Waals surface area contributed by atoms with Gasteiger partial charge in [0.25, 0.3) is 0 Å². The van der Waals surface area contributed by atoms with Gasteiger partial charge >= 0.3 is 0 Å². The van der Waals surface area contributed by atoms with Crippen LogP contribution in [0.15, 0.2) is 30.7 Å². The van der Waals surface area contributed by atoms with Gasteiger partial charge in [-0.05, 0) is 6.07 Å². The summed E-state index contributed by atoms with van der Waals surface area (Å²) in [4.78, 5) is 7.83. The molecule has 0 aromatic carbocycles. The van der Waals surface area contributed by atoms with Crippen LogP contribution < -0.4 is 10.5 Å². The lowest BCUT2D eigenvalue weighted by Gasteiger charge is -2.06. The molecule has 0 fully saturated rings. The molecule has 2 aromatic heterocycles. The van der Waals surface area contributed by atoms with Gasteiger partial charge in [-0.25, -0.2) is 4.98 Å². The molecule has 0 aliphatic heterocycles. The number of nitrogens with two attached hydrogens (primary N) is 1. The Hall–Kier alpha value is -1.52. The Morgan fingerprint density at radius 3 is 2.62 bits per heavy atom. The summed E-state index contributed by atoms with van der Waals surface area (Å²) in [5, 5.41) is 0.809. The molecule has 0 radical (unpaired) electrons.